The SMILES string of the molecule is Cc1ncc(CNC(=O)NC2CCc3nc(-c4ccc(F)cc4F)cn3C2)c(N)n1. The summed E-state index contributed by atoms with van der Waals surface area (Å²) in [4.78, 5) is 24.9. The van der Waals surface area contributed by atoms with Crippen molar-refractivity contribution in [3.8, 4) is 11.3 Å². The molecule has 30 heavy (non-hydrogen) atoms. The number of nitrogens with two attached hydrogens (primary N) is 1. The van der Waals surface area contributed by atoms with E-state index in [0.717, 1.165) is 11.9 Å². The predicted octanol–water partition coefficient (Wildman–Crippen LogP) is 2.32. The van der Waals surface area contributed by atoms with E-state index in [4.69, 9.17) is 5.73 Å². The molecule has 1 atom stereocenters. The van der Waals surface area contributed by atoms with Crippen LogP contribution in [0.25, 0.3) is 11.3 Å². The first-order chi connectivity index (χ1) is 14.4. The van der Waals surface area contributed by atoms with Crippen molar-refractivity contribution in [2.45, 2.75) is 38.9 Å². The van der Waals surface area contributed by atoms with E-state index in [1.807, 2.05) is 4.57 Å². The van der Waals surface area contributed by atoms with Crippen LogP contribution in [0.1, 0.15) is 23.6 Å². The topological polar surface area (TPSA) is 111 Å². The van der Waals surface area contributed by atoms with Gasteiger partial charge in [0.25, 0.3) is 0 Å². The number of hydrogen-bond acceptors (Lipinski definition) is 5. The molecular formula is C20H21F2N7O. The van der Waals surface area contributed by atoms with Crippen molar-refractivity contribution in [2.75, 3.05) is 5.73 Å². The summed E-state index contributed by atoms with van der Waals surface area (Å²) in [5, 5.41) is 5.68. The van der Waals surface area contributed by atoms with Crippen molar-refractivity contribution >= 4 is 11.8 Å². The quantitative estimate of drug-likeness (QED) is 0.608. The smallest absolute Gasteiger partial charge is 0.315 e. The van der Waals surface area contributed by atoms with Crippen LogP contribution in [0, 0.1) is 18.6 Å². The van der Waals surface area contributed by atoms with Crippen LogP contribution in [-0.4, -0.2) is 31.6 Å². The number of carbonyl (C=O) groups excluding carboxylic acids is 1. The Labute approximate surface area is 171 Å². The van der Waals surface area contributed by atoms with E-state index in [0.29, 0.717) is 42.3 Å². The van der Waals surface area contributed by atoms with Crippen molar-refractivity contribution in [3.63, 3.8) is 0 Å². The third-order valence-electron chi connectivity index (χ3n) is 4.99. The van der Waals surface area contributed by atoms with E-state index < -0.39 is 11.6 Å². The van der Waals surface area contributed by atoms with Gasteiger partial charge in [0, 0.05) is 55.1 Å². The third-order valence-corrected chi connectivity index (χ3v) is 4.99. The van der Waals surface area contributed by atoms with Crippen molar-refractivity contribution < 1.29 is 13.6 Å². The number of nitrogens with zero attached hydrogens (tertiary/aromatic N) is 4. The minimum absolute atomic E-state index is 0.107. The standard InChI is InChI=1S/C20H21F2N7O/c1-11-24-7-12(19(23)26-11)8-25-20(30)27-14-3-5-18-28-17(10-29(18)9-14)15-4-2-13(21)6-16(15)22/h2,4,6-7,10,14H,3,5,8-9H2,1H3,(H2,23,24,26)(H2,25,27,30). The second-order valence-electron chi connectivity index (χ2n) is 7.21. The molecule has 8 nitrogen and oxygen atoms in total. The zero-order valence-electron chi connectivity index (χ0n) is 16.3. The monoisotopic (exact) mass is 413 g/mol. The largest absolute Gasteiger partial charge is 0.383 e. The van der Waals surface area contributed by atoms with Gasteiger partial charge in [-0.1, -0.05) is 0 Å². The summed E-state index contributed by atoms with van der Waals surface area (Å²) in [7, 11) is 0. The number of aromatic nitrogens is 4. The van der Waals surface area contributed by atoms with E-state index >= 15 is 0 Å². The molecule has 3 heterocycles. The lowest BCUT2D eigenvalue weighted by atomic mass is 10.1. The number of rotatable bonds is 4. The van der Waals surface area contributed by atoms with Crippen LogP contribution in [0.4, 0.5) is 19.4 Å². The maximum atomic E-state index is 14.1. The molecule has 0 aliphatic carbocycles. The molecule has 3 aromatic rings. The summed E-state index contributed by atoms with van der Waals surface area (Å²) >= 11 is 0. The number of imidazole rings is 1. The summed E-state index contributed by atoms with van der Waals surface area (Å²) < 4.78 is 29.1. The van der Waals surface area contributed by atoms with Gasteiger partial charge >= 0.3 is 6.03 Å². The number of nitrogens with one attached hydrogen (secondary N) is 2. The highest BCUT2D eigenvalue weighted by molar-refractivity contribution is 5.74. The summed E-state index contributed by atoms with van der Waals surface area (Å²) in [6.45, 7) is 2.47. The zero-order chi connectivity index (χ0) is 21.3. The Bertz CT molecular complexity index is 1100. The van der Waals surface area contributed by atoms with Crippen LogP contribution in [-0.2, 0) is 19.5 Å². The van der Waals surface area contributed by atoms with Crippen LogP contribution < -0.4 is 16.4 Å². The van der Waals surface area contributed by atoms with E-state index in [1.165, 1.54) is 12.1 Å². The molecule has 2 amide bonds. The Morgan fingerprint density at radius 2 is 2.17 bits per heavy atom. The summed E-state index contributed by atoms with van der Waals surface area (Å²) in [5.74, 6) is 0.424. The number of benzene rings is 1. The number of fused-ring (bicyclic) bond motifs is 1. The van der Waals surface area contributed by atoms with Gasteiger partial charge in [-0.15, -0.1) is 0 Å². The van der Waals surface area contributed by atoms with Gasteiger partial charge < -0.3 is 20.9 Å². The molecule has 156 valence electrons. The average Bonchev–Trinajstić information content (AvgIpc) is 3.10. The second-order valence-corrected chi connectivity index (χ2v) is 7.21. The molecule has 1 aromatic carbocycles. The maximum absolute atomic E-state index is 14.1. The number of carbonyl (C=O) groups is 1. The van der Waals surface area contributed by atoms with Gasteiger partial charge in [0.15, 0.2) is 0 Å². The predicted molar refractivity (Wildman–Crippen MR) is 106 cm³/mol. The van der Waals surface area contributed by atoms with Gasteiger partial charge in [0.05, 0.1) is 5.69 Å². The fraction of sp³-hybridized carbons (Fsp3) is 0.300. The second kappa shape index (κ2) is 8.05. The Kier molecular flexibility index (Phi) is 5.30. The molecule has 0 radical (unpaired) electrons. The lowest BCUT2D eigenvalue weighted by Crippen LogP contribution is -2.45. The molecular weight excluding hydrogens is 392 g/mol. The van der Waals surface area contributed by atoms with Gasteiger partial charge in [0.2, 0.25) is 0 Å². The normalized spacial score (nSPS) is 15.5. The van der Waals surface area contributed by atoms with Crippen molar-refractivity contribution in [1.82, 2.24) is 30.2 Å². The van der Waals surface area contributed by atoms with Crippen molar-refractivity contribution in [2.24, 2.45) is 0 Å². The Balaban J connectivity index is 1.37. The molecule has 0 saturated heterocycles. The van der Waals surface area contributed by atoms with E-state index in [1.54, 1.807) is 19.3 Å². The van der Waals surface area contributed by atoms with Crippen LogP contribution in [0.2, 0.25) is 0 Å². The summed E-state index contributed by atoms with van der Waals surface area (Å²) in [6.07, 6.45) is 4.65. The van der Waals surface area contributed by atoms with Crippen LogP contribution in [0.5, 0.6) is 0 Å². The molecule has 1 aliphatic rings. The lowest BCUT2D eigenvalue weighted by Gasteiger charge is -2.24. The number of aryl methyl sites for hydroxylation is 2. The highest BCUT2D eigenvalue weighted by Crippen LogP contribution is 2.25. The fourth-order valence-electron chi connectivity index (χ4n) is 3.45. The summed E-state index contributed by atoms with van der Waals surface area (Å²) in [5.41, 5.74) is 7.17. The summed E-state index contributed by atoms with van der Waals surface area (Å²) in [6, 6.07) is 2.99. The van der Waals surface area contributed by atoms with Gasteiger partial charge in [0.1, 0.15) is 29.1 Å². The number of hydrogen-bond donors (Lipinski definition) is 3. The Morgan fingerprint density at radius 3 is 2.93 bits per heavy atom. The highest BCUT2D eigenvalue weighted by Gasteiger charge is 2.23. The van der Waals surface area contributed by atoms with E-state index in [2.05, 4.69) is 25.6 Å². The molecule has 10 heteroatoms. The van der Waals surface area contributed by atoms with Crippen molar-refractivity contribution in [3.05, 3.63) is 59.4 Å². The number of nitrogen functional groups attached to an aromatic ring is 1. The molecule has 0 saturated carbocycles. The minimum atomic E-state index is -0.654. The molecule has 0 fully saturated rings. The lowest BCUT2D eigenvalue weighted by molar-refractivity contribution is 0.232. The van der Waals surface area contributed by atoms with Crippen LogP contribution in [0.15, 0.2) is 30.6 Å². The molecule has 4 rings (SSSR count). The zero-order valence-corrected chi connectivity index (χ0v) is 16.3. The molecule has 1 unspecified atom stereocenters. The molecule has 4 N–H and O–H groups in total. The van der Waals surface area contributed by atoms with Crippen LogP contribution in [0.3, 0.4) is 0 Å². The van der Waals surface area contributed by atoms with Gasteiger partial charge in [-0.25, -0.2) is 28.5 Å². The molecule has 0 spiro atoms. The minimum Gasteiger partial charge on any atom is -0.383 e. The molecule has 2 aromatic heterocycles. The van der Waals surface area contributed by atoms with Gasteiger partial charge in [-0.05, 0) is 25.5 Å². The Hall–Kier alpha value is -3.56. The number of amides is 2. The van der Waals surface area contributed by atoms with Gasteiger partial charge in [-0.2, -0.15) is 0 Å². The first kappa shape index (κ1) is 19.7. The number of urea groups is 1. The van der Waals surface area contributed by atoms with Crippen LogP contribution >= 0.6 is 0 Å². The highest BCUT2D eigenvalue weighted by atomic mass is 19.1. The third kappa shape index (κ3) is 4.22. The first-order valence-corrected chi connectivity index (χ1v) is 9.53. The number of halogens is 2. The van der Waals surface area contributed by atoms with E-state index in [-0.39, 0.29) is 24.2 Å². The fourth-order valence-corrected chi connectivity index (χ4v) is 3.45. The molecule has 0 bridgehead atoms. The van der Waals surface area contributed by atoms with Crippen molar-refractivity contribution in [1.29, 1.82) is 0 Å². The maximum Gasteiger partial charge on any atom is 0.315 e. The number of anilines is 1. The van der Waals surface area contributed by atoms with E-state index in [9.17, 15) is 13.6 Å². The average molecular weight is 413 g/mol. The first-order valence-electron chi connectivity index (χ1n) is 9.53. The molecule has 1 aliphatic heterocycles. The Morgan fingerprint density at radius 1 is 1.33 bits per heavy atom. The van der Waals surface area contributed by atoms with Gasteiger partial charge in [-0.3, -0.25) is 0 Å².